The summed E-state index contributed by atoms with van der Waals surface area (Å²) in [6.07, 6.45) is 7.59. The van der Waals surface area contributed by atoms with E-state index in [0.29, 0.717) is 0 Å². The molecule has 0 bridgehead atoms. The highest BCUT2D eigenvalue weighted by Crippen LogP contribution is 2.43. The Balaban J connectivity index is 0.00000225. The van der Waals surface area contributed by atoms with Crippen LogP contribution in [0.15, 0.2) is 53.8 Å². The van der Waals surface area contributed by atoms with Crippen molar-refractivity contribution in [3.8, 4) is 0 Å². The molecule has 6 heteroatoms. The summed E-state index contributed by atoms with van der Waals surface area (Å²) in [5, 5.41) is 6.79. The summed E-state index contributed by atoms with van der Waals surface area (Å²) in [6.45, 7) is 2.54. The van der Waals surface area contributed by atoms with Gasteiger partial charge in [0.25, 0.3) is 0 Å². The van der Waals surface area contributed by atoms with Gasteiger partial charge in [0.2, 0.25) is 0 Å². The Kier molecular flexibility index (Phi) is 7.28. The number of benzene rings is 1. The van der Waals surface area contributed by atoms with Gasteiger partial charge in [-0.3, -0.25) is 4.99 Å². The van der Waals surface area contributed by atoms with Gasteiger partial charge in [-0.05, 0) is 42.7 Å². The van der Waals surface area contributed by atoms with Crippen LogP contribution in [0.5, 0.6) is 0 Å². The molecule has 1 aromatic heterocycles. The van der Waals surface area contributed by atoms with Gasteiger partial charge >= 0.3 is 0 Å². The summed E-state index contributed by atoms with van der Waals surface area (Å²) in [7, 11) is 1.79. The molecule has 2 aromatic rings. The van der Waals surface area contributed by atoms with Crippen LogP contribution in [0.1, 0.15) is 24.8 Å². The third-order valence-electron chi connectivity index (χ3n) is 4.91. The molecular weight excluding hydrogens is 430 g/mol. The fourth-order valence-corrected chi connectivity index (χ4v) is 3.27. The number of hydrogen-bond acceptors (Lipinski definition) is 1. The van der Waals surface area contributed by atoms with E-state index in [9.17, 15) is 4.39 Å². The number of nitrogens with zero attached hydrogens (tertiary/aromatic N) is 2. The number of aromatic nitrogens is 1. The van der Waals surface area contributed by atoms with Crippen molar-refractivity contribution in [3.63, 3.8) is 0 Å². The summed E-state index contributed by atoms with van der Waals surface area (Å²) in [6, 6.07) is 11.0. The lowest BCUT2D eigenvalue weighted by atomic mass is 9.64. The Labute approximate surface area is 165 Å². The molecule has 3 rings (SSSR count). The van der Waals surface area contributed by atoms with Crippen LogP contribution in [0.4, 0.5) is 4.39 Å². The van der Waals surface area contributed by atoms with E-state index in [1.165, 1.54) is 12.0 Å². The van der Waals surface area contributed by atoms with Crippen LogP contribution in [0.25, 0.3) is 0 Å². The molecule has 0 amide bonds. The number of hydrogen-bond donors (Lipinski definition) is 2. The molecule has 0 radical (unpaired) electrons. The van der Waals surface area contributed by atoms with Crippen molar-refractivity contribution in [1.29, 1.82) is 0 Å². The van der Waals surface area contributed by atoms with Gasteiger partial charge < -0.3 is 15.2 Å². The zero-order valence-corrected chi connectivity index (χ0v) is 16.9. The molecule has 1 fully saturated rings. The van der Waals surface area contributed by atoms with Crippen molar-refractivity contribution in [2.75, 3.05) is 20.1 Å². The molecule has 0 saturated heterocycles. The van der Waals surface area contributed by atoms with Gasteiger partial charge in [-0.1, -0.05) is 18.6 Å². The molecule has 25 heavy (non-hydrogen) atoms. The summed E-state index contributed by atoms with van der Waals surface area (Å²) < 4.78 is 15.3. The third kappa shape index (κ3) is 4.96. The second-order valence-electron chi connectivity index (χ2n) is 6.41. The number of halogens is 2. The summed E-state index contributed by atoms with van der Waals surface area (Å²) in [4.78, 5) is 4.30. The monoisotopic (exact) mass is 456 g/mol. The fraction of sp³-hybridized carbons (Fsp3) is 0.421. The molecule has 1 aliphatic carbocycles. The van der Waals surface area contributed by atoms with Gasteiger partial charge in [0.1, 0.15) is 5.82 Å². The van der Waals surface area contributed by atoms with E-state index >= 15 is 0 Å². The molecule has 1 aliphatic rings. The van der Waals surface area contributed by atoms with Crippen molar-refractivity contribution >= 4 is 29.9 Å². The van der Waals surface area contributed by atoms with E-state index in [4.69, 9.17) is 0 Å². The van der Waals surface area contributed by atoms with Crippen LogP contribution < -0.4 is 10.6 Å². The Hall–Kier alpha value is -1.57. The van der Waals surface area contributed by atoms with Crippen LogP contribution in [-0.2, 0) is 12.0 Å². The van der Waals surface area contributed by atoms with E-state index in [-0.39, 0.29) is 35.2 Å². The topological polar surface area (TPSA) is 41.4 Å². The van der Waals surface area contributed by atoms with Crippen LogP contribution in [0, 0.1) is 5.82 Å². The average molecular weight is 456 g/mol. The highest BCUT2D eigenvalue weighted by atomic mass is 127. The molecule has 0 atom stereocenters. The first kappa shape index (κ1) is 19.8. The van der Waals surface area contributed by atoms with Crippen LogP contribution >= 0.6 is 24.0 Å². The van der Waals surface area contributed by atoms with Crippen LogP contribution in [0.3, 0.4) is 0 Å². The minimum atomic E-state index is -0.177. The SMILES string of the molecule is CN=C(NCCn1cccc1)NCC1(c2ccc(F)cc2)CCC1.I. The molecule has 4 nitrogen and oxygen atoms in total. The van der Waals surface area contributed by atoms with Crippen molar-refractivity contribution in [2.45, 2.75) is 31.2 Å². The van der Waals surface area contributed by atoms with E-state index in [1.54, 1.807) is 19.2 Å². The van der Waals surface area contributed by atoms with Crippen molar-refractivity contribution in [3.05, 3.63) is 60.2 Å². The van der Waals surface area contributed by atoms with Crippen LogP contribution in [0.2, 0.25) is 0 Å². The number of guanidine groups is 1. The van der Waals surface area contributed by atoms with Crippen molar-refractivity contribution < 1.29 is 4.39 Å². The first-order chi connectivity index (χ1) is 11.7. The Bertz CT molecular complexity index is 663. The highest BCUT2D eigenvalue weighted by molar-refractivity contribution is 14.0. The number of aliphatic imine (C=N–C) groups is 1. The van der Waals surface area contributed by atoms with Crippen molar-refractivity contribution in [1.82, 2.24) is 15.2 Å². The predicted molar refractivity (Wildman–Crippen MR) is 111 cm³/mol. The molecule has 2 N–H and O–H groups in total. The molecule has 0 unspecified atom stereocenters. The Morgan fingerprint density at radius 1 is 1.16 bits per heavy atom. The molecule has 136 valence electrons. The van der Waals surface area contributed by atoms with E-state index in [0.717, 1.165) is 38.4 Å². The average Bonchev–Trinajstić information content (AvgIpc) is 3.07. The van der Waals surface area contributed by atoms with Crippen molar-refractivity contribution in [2.24, 2.45) is 4.99 Å². The Morgan fingerprint density at radius 3 is 2.40 bits per heavy atom. The second kappa shape index (κ2) is 9.22. The quantitative estimate of drug-likeness (QED) is 0.397. The first-order valence-electron chi connectivity index (χ1n) is 8.53. The lowest BCUT2D eigenvalue weighted by Crippen LogP contribution is -2.49. The smallest absolute Gasteiger partial charge is 0.191 e. The molecular formula is C19H26FIN4. The zero-order chi connectivity index (χ0) is 16.8. The first-order valence-corrected chi connectivity index (χ1v) is 8.53. The van der Waals surface area contributed by atoms with E-state index < -0.39 is 0 Å². The maximum atomic E-state index is 13.2. The van der Waals surface area contributed by atoms with E-state index in [2.05, 4.69) is 32.6 Å². The summed E-state index contributed by atoms with van der Waals surface area (Å²) >= 11 is 0. The molecule has 0 spiro atoms. The highest BCUT2D eigenvalue weighted by Gasteiger charge is 2.38. The lowest BCUT2D eigenvalue weighted by molar-refractivity contribution is 0.243. The van der Waals surface area contributed by atoms with Gasteiger partial charge in [-0.15, -0.1) is 24.0 Å². The largest absolute Gasteiger partial charge is 0.356 e. The summed E-state index contributed by atoms with van der Waals surface area (Å²) in [5.41, 5.74) is 1.32. The van der Waals surface area contributed by atoms with Gasteiger partial charge in [0.05, 0.1) is 0 Å². The predicted octanol–water partition coefficient (Wildman–Crippen LogP) is 3.53. The Morgan fingerprint density at radius 2 is 1.84 bits per heavy atom. The molecule has 1 heterocycles. The zero-order valence-electron chi connectivity index (χ0n) is 14.5. The van der Waals surface area contributed by atoms with Gasteiger partial charge in [-0.25, -0.2) is 4.39 Å². The number of nitrogens with one attached hydrogen (secondary N) is 2. The minimum Gasteiger partial charge on any atom is -0.356 e. The molecule has 1 saturated carbocycles. The normalized spacial score (nSPS) is 15.8. The van der Waals surface area contributed by atoms with Gasteiger partial charge in [0.15, 0.2) is 5.96 Å². The number of rotatable bonds is 6. The third-order valence-corrected chi connectivity index (χ3v) is 4.91. The van der Waals surface area contributed by atoms with Gasteiger partial charge in [0, 0.05) is 44.5 Å². The maximum Gasteiger partial charge on any atom is 0.191 e. The molecule has 1 aromatic carbocycles. The van der Waals surface area contributed by atoms with E-state index in [1.807, 2.05) is 24.3 Å². The second-order valence-corrected chi connectivity index (χ2v) is 6.41. The molecule has 0 aliphatic heterocycles. The van der Waals surface area contributed by atoms with Crippen LogP contribution in [-0.4, -0.2) is 30.7 Å². The maximum absolute atomic E-state index is 13.2. The standard InChI is InChI=1S/C19H25FN4.HI/c1-21-18(22-11-14-24-12-2-3-13-24)23-15-19(9-4-10-19)16-5-7-17(20)8-6-16;/h2-3,5-8,12-13H,4,9-11,14-15H2,1H3,(H2,21,22,23);1H. The lowest BCUT2D eigenvalue weighted by Gasteiger charge is -2.43. The fourth-order valence-electron chi connectivity index (χ4n) is 3.27. The minimum absolute atomic E-state index is 0. The van der Waals surface area contributed by atoms with Gasteiger partial charge in [-0.2, -0.15) is 0 Å². The summed E-state index contributed by atoms with van der Waals surface area (Å²) in [5.74, 6) is 0.638.